The SMILES string of the molecule is O=C(c1cccc(F)c1)N1CCN(S(=O)(=O)c2ccccc2[N+](=O)[O-])CC1. The number of nitro benzene ring substituents is 1. The van der Waals surface area contributed by atoms with Crippen LogP contribution < -0.4 is 0 Å². The molecule has 0 saturated carbocycles. The van der Waals surface area contributed by atoms with Gasteiger partial charge in [0.15, 0.2) is 4.90 Å². The van der Waals surface area contributed by atoms with Crippen molar-refractivity contribution in [2.45, 2.75) is 4.90 Å². The minimum Gasteiger partial charge on any atom is -0.336 e. The van der Waals surface area contributed by atoms with Gasteiger partial charge in [0.2, 0.25) is 10.0 Å². The summed E-state index contributed by atoms with van der Waals surface area (Å²) in [6.07, 6.45) is 0. The van der Waals surface area contributed by atoms with Gasteiger partial charge in [-0.05, 0) is 24.3 Å². The van der Waals surface area contributed by atoms with Crippen LogP contribution >= 0.6 is 0 Å². The van der Waals surface area contributed by atoms with Crippen LogP contribution in [0, 0.1) is 15.9 Å². The first-order valence-corrected chi connectivity index (χ1v) is 9.53. The van der Waals surface area contributed by atoms with Crippen LogP contribution in [-0.4, -0.2) is 54.6 Å². The highest BCUT2D eigenvalue weighted by Crippen LogP contribution is 2.27. The van der Waals surface area contributed by atoms with Gasteiger partial charge in [-0.2, -0.15) is 4.31 Å². The summed E-state index contributed by atoms with van der Waals surface area (Å²) in [5.74, 6) is -0.921. The number of benzene rings is 2. The first-order chi connectivity index (χ1) is 12.8. The van der Waals surface area contributed by atoms with Gasteiger partial charge in [0.05, 0.1) is 4.92 Å². The van der Waals surface area contributed by atoms with Crippen molar-refractivity contribution < 1.29 is 22.5 Å². The highest BCUT2D eigenvalue weighted by atomic mass is 32.2. The van der Waals surface area contributed by atoms with Gasteiger partial charge in [-0.1, -0.05) is 18.2 Å². The molecule has 1 saturated heterocycles. The van der Waals surface area contributed by atoms with Crippen molar-refractivity contribution in [1.82, 2.24) is 9.21 Å². The molecule has 0 atom stereocenters. The Morgan fingerprint density at radius 3 is 2.33 bits per heavy atom. The molecule has 0 N–H and O–H groups in total. The zero-order chi connectivity index (χ0) is 19.6. The molecule has 2 aromatic carbocycles. The number of nitrogens with zero attached hydrogens (tertiary/aromatic N) is 3. The van der Waals surface area contributed by atoms with Gasteiger partial charge in [0.1, 0.15) is 5.82 Å². The molecular weight excluding hydrogens is 377 g/mol. The summed E-state index contributed by atoms with van der Waals surface area (Å²) in [6.45, 7) is 0.204. The second-order valence-electron chi connectivity index (χ2n) is 5.93. The molecule has 1 amide bonds. The third-order valence-corrected chi connectivity index (χ3v) is 6.22. The van der Waals surface area contributed by atoms with Crippen LogP contribution in [-0.2, 0) is 10.0 Å². The second kappa shape index (κ2) is 7.41. The van der Waals surface area contributed by atoms with E-state index in [0.29, 0.717) is 0 Å². The molecule has 10 heteroatoms. The van der Waals surface area contributed by atoms with Gasteiger partial charge in [0.25, 0.3) is 11.6 Å². The van der Waals surface area contributed by atoms with E-state index in [9.17, 15) is 27.7 Å². The van der Waals surface area contributed by atoms with Crippen LogP contribution in [0.2, 0.25) is 0 Å². The second-order valence-corrected chi connectivity index (χ2v) is 7.84. The quantitative estimate of drug-likeness (QED) is 0.583. The average molecular weight is 393 g/mol. The summed E-state index contributed by atoms with van der Waals surface area (Å²) in [5.41, 5.74) is -0.305. The van der Waals surface area contributed by atoms with E-state index >= 15 is 0 Å². The third kappa shape index (κ3) is 3.81. The fourth-order valence-electron chi connectivity index (χ4n) is 2.90. The molecule has 1 fully saturated rings. The number of carbonyl (C=O) groups excluding carboxylic acids is 1. The molecule has 1 heterocycles. The van der Waals surface area contributed by atoms with Gasteiger partial charge in [-0.25, -0.2) is 12.8 Å². The highest BCUT2D eigenvalue weighted by molar-refractivity contribution is 7.89. The van der Waals surface area contributed by atoms with Crippen LogP contribution in [0.4, 0.5) is 10.1 Å². The van der Waals surface area contributed by atoms with Gasteiger partial charge in [-0.3, -0.25) is 14.9 Å². The number of halogens is 1. The fraction of sp³-hybridized carbons (Fsp3) is 0.235. The number of hydrogen-bond donors (Lipinski definition) is 0. The van der Waals surface area contributed by atoms with E-state index in [1.807, 2.05) is 0 Å². The molecule has 27 heavy (non-hydrogen) atoms. The summed E-state index contributed by atoms with van der Waals surface area (Å²) in [7, 11) is -4.06. The number of piperazine rings is 1. The van der Waals surface area contributed by atoms with Crippen LogP contribution in [0.3, 0.4) is 0 Å². The van der Waals surface area contributed by atoms with E-state index < -0.39 is 32.4 Å². The van der Waals surface area contributed by atoms with Crippen molar-refractivity contribution >= 4 is 21.6 Å². The topological polar surface area (TPSA) is 101 Å². The Kier molecular flexibility index (Phi) is 5.19. The molecule has 0 aromatic heterocycles. The summed E-state index contributed by atoms with van der Waals surface area (Å²) < 4.78 is 40.0. The van der Waals surface area contributed by atoms with Gasteiger partial charge < -0.3 is 4.90 Å². The number of rotatable bonds is 4. The summed E-state index contributed by atoms with van der Waals surface area (Å²) >= 11 is 0. The number of para-hydroxylation sites is 1. The Morgan fingerprint density at radius 1 is 1.04 bits per heavy atom. The lowest BCUT2D eigenvalue weighted by Gasteiger charge is -2.34. The zero-order valence-electron chi connectivity index (χ0n) is 14.1. The van der Waals surface area contributed by atoms with Gasteiger partial charge in [0, 0.05) is 37.8 Å². The molecule has 2 aromatic rings. The lowest BCUT2D eigenvalue weighted by molar-refractivity contribution is -0.387. The Morgan fingerprint density at radius 2 is 1.70 bits per heavy atom. The molecule has 0 radical (unpaired) electrons. The van der Waals surface area contributed by atoms with Gasteiger partial charge in [-0.15, -0.1) is 0 Å². The molecule has 0 unspecified atom stereocenters. The number of amides is 1. The van der Waals surface area contributed by atoms with Crippen molar-refractivity contribution in [2.24, 2.45) is 0 Å². The highest BCUT2D eigenvalue weighted by Gasteiger charge is 2.34. The van der Waals surface area contributed by atoms with Crippen molar-refractivity contribution in [3.8, 4) is 0 Å². The van der Waals surface area contributed by atoms with E-state index in [0.717, 1.165) is 16.4 Å². The zero-order valence-corrected chi connectivity index (χ0v) is 14.9. The van der Waals surface area contributed by atoms with Crippen LogP contribution in [0.5, 0.6) is 0 Å². The first-order valence-electron chi connectivity index (χ1n) is 8.09. The monoisotopic (exact) mass is 393 g/mol. The van der Waals surface area contributed by atoms with Crippen LogP contribution in [0.1, 0.15) is 10.4 Å². The maximum Gasteiger partial charge on any atom is 0.289 e. The number of sulfonamides is 1. The van der Waals surface area contributed by atoms with E-state index in [4.69, 9.17) is 0 Å². The van der Waals surface area contributed by atoms with E-state index in [1.54, 1.807) is 0 Å². The molecule has 8 nitrogen and oxygen atoms in total. The normalized spacial score (nSPS) is 15.5. The Balaban J connectivity index is 1.76. The van der Waals surface area contributed by atoms with Crippen LogP contribution in [0.25, 0.3) is 0 Å². The number of carbonyl (C=O) groups is 1. The molecule has 1 aliphatic heterocycles. The fourth-order valence-corrected chi connectivity index (χ4v) is 4.48. The molecule has 1 aliphatic rings. The van der Waals surface area contributed by atoms with Crippen molar-refractivity contribution in [3.05, 3.63) is 70.0 Å². The number of nitro groups is 1. The number of hydrogen-bond acceptors (Lipinski definition) is 5. The van der Waals surface area contributed by atoms with Crippen molar-refractivity contribution in [2.75, 3.05) is 26.2 Å². The predicted molar refractivity (Wildman–Crippen MR) is 94.2 cm³/mol. The van der Waals surface area contributed by atoms with E-state index in [2.05, 4.69) is 0 Å². The first kappa shape index (κ1) is 18.9. The van der Waals surface area contributed by atoms with Crippen LogP contribution in [0.15, 0.2) is 53.4 Å². The minimum absolute atomic E-state index is 0.00453. The Bertz CT molecular complexity index is 988. The summed E-state index contributed by atoms with van der Waals surface area (Å²) in [6, 6.07) is 10.4. The molecule has 3 rings (SSSR count). The maximum absolute atomic E-state index is 13.3. The largest absolute Gasteiger partial charge is 0.336 e. The maximum atomic E-state index is 13.3. The summed E-state index contributed by atoms with van der Waals surface area (Å²) in [5, 5.41) is 11.1. The van der Waals surface area contributed by atoms with E-state index in [1.165, 1.54) is 41.3 Å². The predicted octanol–water partition coefficient (Wildman–Crippen LogP) is 1.88. The van der Waals surface area contributed by atoms with Gasteiger partial charge >= 0.3 is 0 Å². The Labute approximate surface area is 155 Å². The Hall–Kier alpha value is -2.85. The van der Waals surface area contributed by atoms with Crippen molar-refractivity contribution in [3.63, 3.8) is 0 Å². The standard InChI is InChI=1S/C17H16FN3O5S/c18-14-5-3-4-13(12-14)17(22)19-8-10-20(11-9-19)27(25,26)16-7-2-1-6-15(16)21(23)24/h1-7,12H,8-11H2. The summed E-state index contributed by atoms with van der Waals surface area (Å²) in [4.78, 5) is 23.9. The lowest BCUT2D eigenvalue weighted by Crippen LogP contribution is -2.50. The molecule has 0 spiro atoms. The minimum atomic E-state index is -4.06. The molecule has 0 aliphatic carbocycles. The lowest BCUT2D eigenvalue weighted by atomic mass is 10.2. The molecular formula is C17H16FN3O5S. The third-order valence-electron chi connectivity index (χ3n) is 4.28. The smallest absolute Gasteiger partial charge is 0.289 e. The molecule has 142 valence electrons. The van der Waals surface area contributed by atoms with Crippen molar-refractivity contribution in [1.29, 1.82) is 0 Å². The van der Waals surface area contributed by atoms with E-state index in [-0.39, 0.29) is 36.6 Å². The molecule has 0 bridgehead atoms. The average Bonchev–Trinajstić information content (AvgIpc) is 2.67.